The van der Waals surface area contributed by atoms with Crippen LogP contribution < -0.4 is 5.73 Å². The predicted octanol–water partition coefficient (Wildman–Crippen LogP) is 1.97. The number of anilines is 1. The number of hydrogen-bond donors (Lipinski definition) is 2. The molecule has 1 aliphatic heterocycles. The fourth-order valence-corrected chi connectivity index (χ4v) is 2.96. The third-order valence-corrected chi connectivity index (χ3v) is 3.43. The van der Waals surface area contributed by atoms with Gasteiger partial charge in [0.1, 0.15) is 0 Å². The van der Waals surface area contributed by atoms with Gasteiger partial charge in [-0.3, -0.25) is 4.90 Å². The first kappa shape index (κ1) is 14.8. The molecule has 1 atom stereocenters. The van der Waals surface area contributed by atoms with Gasteiger partial charge in [-0.25, -0.2) is 4.79 Å². The number of nitrogens with zero attached hydrogens (tertiary/aromatic N) is 1. The quantitative estimate of drug-likeness (QED) is 0.827. The maximum Gasteiger partial charge on any atom is 0.338 e. The van der Waals surface area contributed by atoms with Crippen LogP contribution in [0.4, 0.5) is 5.69 Å². The largest absolute Gasteiger partial charge is 0.478 e. The third kappa shape index (κ3) is 3.29. The lowest BCUT2D eigenvalue weighted by Crippen LogP contribution is -2.51. The van der Waals surface area contributed by atoms with E-state index < -0.39 is 5.97 Å². The smallest absolute Gasteiger partial charge is 0.338 e. The van der Waals surface area contributed by atoms with E-state index in [2.05, 4.69) is 4.90 Å². The molecule has 0 aliphatic carbocycles. The van der Waals surface area contributed by atoms with Crippen LogP contribution in [0.2, 0.25) is 0 Å². The summed E-state index contributed by atoms with van der Waals surface area (Å²) in [6, 6.07) is 5.25. The fraction of sp³-hybridized carbons (Fsp3) is 0.533. The minimum atomic E-state index is -0.973. The molecule has 110 valence electrons. The maximum absolute atomic E-state index is 11.4. The van der Waals surface area contributed by atoms with Crippen LogP contribution in [0.15, 0.2) is 18.2 Å². The molecule has 0 spiro atoms. The molecule has 1 aliphatic rings. The number of carboxylic acid groups (broad SMARTS) is 1. The average Bonchev–Trinajstić information content (AvgIpc) is 2.25. The molecule has 0 radical (unpaired) electrons. The third-order valence-electron chi connectivity index (χ3n) is 3.43. The number of rotatable bonds is 3. The Morgan fingerprint density at radius 3 is 2.85 bits per heavy atom. The highest BCUT2D eigenvalue weighted by Crippen LogP contribution is 2.24. The fourth-order valence-electron chi connectivity index (χ4n) is 2.96. The Balaban J connectivity index is 2.22. The highest BCUT2D eigenvalue weighted by atomic mass is 16.5. The summed E-state index contributed by atoms with van der Waals surface area (Å²) >= 11 is 0. The Morgan fingerprint density at radius 1 is 1.55 bits per heavy atom. The number of hydrogen-bond acceptors (Lipinski definition) is 4. The summed E-state index contributed by atoms with van der Waals surface area (Å²) in [6.07, 6.45) is 0.132. The van der Waals surface area contributed by atoms with Crippen molar-refractivity contribution in [2.24, 2.45) is 0 Å². The van der Waals surface area contributed by atoms with Gasteiger partial charge in [-0.05, 0) is 32.4 Å². The summed E-state index contributed by atoms with van der Waals surface area (Å²) in [5.41, 5.74) is 6.84. The van der Waals surface area contributed by atoms with Gasteiger partial charge in [0.05, 0.1) is 17.3 Å². The van der Waals surface area contributed by atoms with Crippen molar-refractivity contribution in [1.29, 1.82) is 0 Å². The number of aromatic carboxylic acids is 1. The van der Waals surface area contributed by atoms with Crippen LogP contribution in [0, 0.1) is 0 Å². The van der Waals surface area contributed by atoms with Crippen LogP contribution >= 0.6 is 0 Å². The zero-order valence-corrected chi connectivity index (χ0v) is 12.2. The summed E-state index contributed by atoms with van der Waals surface area (Å²) in [7, 11) is 0. The van der Waals surface area contributed by atoms with E-state index in [0.29, 0.717) is 12.2 Å². The first-order valence-electron chi connectivity index (χ1n) is 6.79. The van der Waals surface area contributed by atoms with E-state index in [-0.39, 0.29) is 17.3 Å². The van der Waals surface area contributed by atoms with Crippen molar-refractivity contribution >= 4 is 11.7 Å². The second-order valence-electron chi connectivity index (χ2n) is 6.04. The van der Waals surface area contributed by atoms with Gasteiger partial charge < -0.3 is 15.6 Å². The zero-order chi connectivity index (χ0) is 14.9. The lowest BCUT2D eigenvalue weighted by atomic mass is 10.0. The van der Waals surface area contributed by atoms with Crippen molar-refractivity contribution in [1.82, 2.24) is 4.90 Å². The number of carbonyl (C=O) groups is 1. The molecule has 0 aromatic heterocycles. The van der Waals surface area contributed by atoms with Gasteiger partial charge in [0.15, 0.2) is 0 Å². The van der Waals surface area contributed by atoms with Crippen molar-refractivity contribution in [2.75, 3.05) is 18.8 Å². The molecule has 0 bridgehead atoms. The van der Waals surface area contributed by atoms with Crippen LogP contribution in [0.25, 0.3) is 0 Å². The van der Waals surface area contributed by atoms with Crippen molar-refractivity contribution < 1.29 is 14.6 Å². The van der Waals surface area contributed by atoms with E-state index in [1.807, 2.05) is 26.8 Å². The maximum atomic E-state index is 11.4. The average molecular weight is 278 g/mol. The zero-order valence-electron chi connectivity index (χ0n) is 12.2. The molecule has 20 heavy (non-hydrogen) atoms. The monoisotopic (exact) mass is 278 g/mol. The molecular formula is C15H22N2O3. The summed E-state index contributed by atoms with van der Waals surface area (Å²) < 4.78 is 5.86. The van der Waals surface area contributed by atoms with Gasteiger partial charge >= 0.3 is 5.97 Å². The lowest BCUT2D eigenvalue weighted by molar-refractivity contribution is -0.130. The van der Waals surface area contributed by atoms with Crippen LogP contribution in [0.1, 0.15) is 36.7 Å². The Bertz CT molecular complexity index is 514. The molecule has 3 N–H and O–H groups in total. The van der Waals surface area contributed by atoms with Gasteiger partial charge in [0, 0.05) is 25.3 Å². The number of benzene rings is 1. The second-order valence-corrected chi connectivity index (χ2v) is 6.04. The number of nitrogen functional groups attached to an aromatic ring is 1. The first-order chi connectivity index (χ1) is 9.28. The Labute approximate surface area is 119 Å². The number of nitrogens with two attached hydrogens (primary N) is 1. The molecule has 0 amide bonds. The van der Waals surface area contributed by atoms with E-state index >= 15 is 0 Å². The second kappa shape index (κ2) is 5.42. The molecule has 1 aromatic rings. The van der Waals surface area contributed by atoms with Crippen LogP contribution in [-0.4, -0.2) is 40.8 Å². The lowest BCUT2D eigenvalue weighted by Gasteiger charge is -2.41. The van der Waals surface area contributed by atoms with E-state index in [1.54, 1.807) is 12.1 Å². The Morgan fingerprint density at radius 2 is 2.25 bits per heavy atom. The first-order valence-corrected chi connectivity index (χ1v) is 6.79. The van der Waals surface area contributed by atoms with Crippen molar-refractivity contribution in [3.63, 3.8) is 0 Å². The summed E-state index contributed by atoms with van der Waals surface area (Å²) in [6.45, 7) is 8.26. The van der Waals surface area contributed by atoms with E-state index in [0.717, 1.165) is 18.7 Å². The van der Waals surface area contributed by atoms with Crippen LogP contribution in [0.3, 0.4) is 0 Å². The summed E-state index contributed by atoms with van der Waals surface area (Å²) in [4.78, 5) is 13.6. The molecule has 2 rings (SSSR count). The predicted molar refractivity (Wildman–Crippen MR) is 77.7 cm³/mol. The van der Waals surface area contributed by atoms with Gasteiger partial charge in [0.25, 0.3) is 0 Å². The van der Waals surface area contributed by atoms with Gasteiger partial charge in [-0.15, -0.1) is 0 Å². The Kier molecular flexibility index (Phi) is 4.01. The normalized spacial score (nSPS) is 22.6. The summed E-state index contributed by atoms with van der Waals surface area (Å²) in [5.74, 6) is -0.973. The molecule has 0 saturated carbocycles. The van der Waals surface area contributed by atoms with Crippen molar-refractivity contribution in [3.8, 4) is 0 Å². The molecule has 5 nitrogen and oxygen atoms in total. The molecule has 1 heterocycles. The van der Waals surface area contributed by atoms with Crippen LogP contribution in [-0.2, 0) is 11.3 Å². The minimum absolute atomic E-state index is 0.132. The van der Waals surface area contributed by atoms with Gasteiger partial charge in [-0.2, -0.15) is 0 Å². The van der Waals surface area contributed by atoms with E-state index in [1.165, 1.54) is 0 Å². The van der Waals surface area contributed by atoms with Gasteiger partial charge in [0.2, 0.25) is 0 Å². The minimum Gasteiger partial charge on any atom is -0.478 e. The highest BCUT2D eigenvalue weighted by Gasteiger charge is 2.31. The van der Waals surface area contributed by atoms with E-state index in [4.69, 9.17) is 10.5 Å². The van der Waals surface area contributed by atoms with Gasteiger partial charge in [-0.1, -0.05) is 12.1 Å². The molecule has 1 aromatic carbocycles. The van der Waals surface area contributed by atoms with Crippen molar-refractivity contribution in [3.05, 3.63) is 29.3 Å². The number of ether oxygens (including phenoxy) is 1. The molecule has 1 fully saturated rings. The topological polar surface area (TPSA) is 75.8 Å². The summed E-state index contributed by atoms with van der Waals surface area (Å²) in [5, 5.41) is 9.31. The van der Waals surface area contributed by atoms with Crippen LogP contribution in [0.5, 0.6) is 0 Å². The molecule has 1 saturated heterocycles. The number of morpholine rings is 1. The SMILES string of the molecule is CC1CN(Cc2cccc(N)c2C(=O)O)CC(C)(C)O1. The highest BCUT2D eigenvalue weighted by molar-refractivity contribution is 5.95. The Hall–Kier alpha value is -1.59. The molecule has 1 unspecified atom stereocenters. The standard InChI is InChI=1S/C15H22N2O3/c1-10-7-17(9-15(2,3)20-10)8-11-5-4-6-12(16)13(11)14(18)19/h4-6,10H,7-9,16H2,1-3H3,(H,18,19). The molecular weight excluding hydrogens is 256 g/mol. The number of carboxylic acids is 1. The van der Waals surface area contributed by atoms with Crippen molar-refractivity contribution in [2.45, 2.75) is 39.0 Å². The molecule has 5 heteroatoms. The van der Waals surface area contributed by atoms with E-state index in [9.17, 15) is 9.90 Å².